The lowest BCUT2D eigenvalue weighted by Gasteiger charge is -2.27. The van der Waals surface area contributed by atoms with Gasteiger partial charge in [-0.2, -0.15) is 0 Å². The maximum absolute atomic E-state index is 12.3. The van der Waals surface area contributed by atoms with Crippen LogP contribution in [-0.4, -0.2) is 28.2 Å². The SMILES string of the molecule is O=C(CCC(=O)N1CCc2sccc2C1)NNc1ccccc1[N+](=O)[O-]. The zero-order chi connectivity index (χ0) is 18.5. The summed E-state index contributed by atoms with van der Waals surface area (Å²) in [5, 5.41) is 13.0. The molecule has 136 valence electrons. The molecular formula is C17H18N4O4S. The summed E-state index contributed by atoms with van der Waals surface area (Å²) in [6.07, 6.45) is 0.966. The van der Waals surface area contributed by atoms with Crippen LogP contribution in [0.5, 0.6) is 0 Å². The molecule has 1 aromatic carbocycles. The van der Waals surface area contributed by atoms with Gasteiger partial charge in [-0.05, 0) is 29.5 Å². The molecule has 2 aromatic rings. The second-order valence-corrected chi connectivity index (χ2v) is 6.88. The summed E-state index contributed by atoms with van der Waals surface area (Å²) in [5.41, 5.74) is 6.18. The van der Waals surface area contributed by atoms with Crippen molar-refractivity contribution < 1.29 is 14.5 Å². The fourth-order valence-corrected chi connectivity index (χ4v) is 3.67. The molecule has 3 rings (SSSR count). The Morgan fingerprint density at radius 1 is 1.23 bits per heavy atom. The molecule has 2 N–H and O–H groups in total. The Balaban J connectivity index is 1.46. The number of anilines is 1. The first-order chi connectivity index (χ1) is 12.5. The van der Waals surface area contributed by atoms with Gasteiger partial charge in [0.2, 0.25) is 11.8 Å². The van der Waals surface area contributed by atoms with Crippen LogP contribution in [0.3, 0.4) is 0 Å². The molecule has 26 heavy (non-hydrogen) atoms. The molecule has 2 heterocycles. The van der Waals surface area contributed by atoms with E-state index >= 15 is 0 Å². The minimum atomic E-state index is -0.535. The Bertz CT molecular complexity index is 836. The van der Waals surface area contributed by atoms with Gasteiger partial charge in [-0.1, -0.05) is 12.1 Å². The second-order valence-electron chi connectivity index (χ2n) is 5.88. The number of fused-ring (bicyclic) bond motifs is 1. The topological polar surface area (TPSA) is 105 Å². The number of carbonyl (C=O) groups is 2. The summed E-state index contributed by atoms with van der Waals surface area (Å²) in [7, 11) is 0. The molecule has 0 saturated carbocycles. The summed E-state index contributed by atoms with van der Waals surface area (Å²) in [6.45, 7) is 1.26. The predicted molar refractivity (Wildman–Crippen MR) is 97.5 cm³/mol. The van der Waals surface area contributed by atoms with E-state index in [0.29, 0.717) is 13.1 Å². The minimum Gasteiger partial charge on any atom is -0.338 e. The largest absolute Gasteiger partial charge is 0.338 e. The highest BCUT2D eigenvalue weighted by Gasteiger charge is 2.22. The highest BCUT2D eigenvalue weighted by atomic mass is 32.1. The van der Waals surface area contributed by atoms with Gasteiger partial charge in [-0.15, -0.1) is 11.3 Å². The van der Waals surface area contributed by atoms with Gasteiger partial charge in [0.25, 0.3) is 5.69 Å². The molecule has 0 atom stereocenters. The third-order valence-electron chi connectivity index (χ3n) is 4.16. The van der Waals surface area contributed by atoms with Crippen LogP contribution in [0.4, 0.5) is 11.4 Å². The van der Waals surface area contributed by atoms with Crippen LogP contribution in [0.2, 0.25) is 0 Å². The van der Waals surface area contributed by atoms with Crippen molar-refractivity contribution in [3.05, 3.63) is 56.3 Å². The Morgan fingerprint density at radius 2 is 2.04 bits per heavy atom. The standard InChI is InChI=1S/C17H18N4O4S/c22-16(19-18-13-3-1-2-4-14(13)21(24)25)5-6-17(23)20-9-7-15-12(11-20)8-10-26-15/h1-4,8,10,18H,5-7,9,11H2,(H,19,22). The van der Waals surface area contributed by atoms with E-state index in [1.165, 1.54) is 22.6 Å². The van der Waals surface area contributed by atoms with Gasteiger partial charge in [-0.3, -0.25) is 30.6 Å². The first-order valence-corrected chi connectivity index (χ1v) is 9.04. The predicted octanol–water partition coefficient (Wildman–Crippen LogP) is 2.46. The number of amides is 2. The molecule has 9 heteroatoms. The molecule has 0 bridgehead atoms. The van der Waals surface area contributed by atoms with Crippen LogP contribution in [0.15, 0.2) is 35.7 Å². The number of hydrazine groups is 1. The van der Waals surface area contributed by atoms with E-state index in [1.54, 1.807) is 28.4 Å². The normalized spacial score (nSPS) is 13.0. The zero-order valence-electron chi connectivity index (χ0n) is 13.9. The quantitative estimate of drug-likeness (QED) is 0.597. The lowest BCUT2D eigenvalue weighted by Crippen LogP contribution is -2.36. The van der Waals surface area contributed by atoms with Gasteiger partial charge < -0.3 is 4.90 Å². The van der Waals surface area contributed by atoms with Crippen LogP contribution >= 0.6 is 11.3 Å². The highest BCUT2D eigenvalue weighted by molar-refractivity contribution is 7.10. The van der Waals surface area contributed by atoms with Crippen molar-refractivity contribution in [2.75, 3.05) is 12.0 Å². The van der Waals surface area contributed by atoms with Crippen LogP contribution in [0.1, 0.15) is 23.3 Å². The molecule has 1 aliphatic rings. The first-order valence-electron chi connectivity index (χ1n) is 8.16. The number of nitrogens with zero attached hydrogens (tertiary/aromatic N) is 2. The van der Waals surface area contributed by atoms with Gasteiger partial charge in [0.05, 0.1) is 4.92 Å². The molecule has 1 aliphatic heterocycles. The number of nitrogens with one attached hydrogen (secondary N) is 2. The van der Waals surface area contributed by atoms with Crippen molar-refractivity contribution in [3.63, 3.8) is 0 Å². The number of hydrogen-bond donors (Lipinski definition) is 2. The molecule has 0 spiro atoms. The average molecular weight is 374 g/mol. The maximum atomic E-state index is 12.3. The number of rotatable bonds is 6. The van der Waals surface area contributed by atoms with Crippen molar-refractivity contribution in [3.8, 4) is 0 Å². The van der Waals surface area contributed by atoms with Crippen molar-refractivity contribution >= 4 is 34.5 Å². The smallest absolute Gasteiger partial charge is 0.294 e. The van der Waals surface area contributed by atoms with Crippen LogP contribution in [0.25, 0.3) is 0 Å². The Kier molecular flexibility index (Phi) is 5.47. The van der Waals surface area contributed by atoms with E-state index < -0.39 is 10.8 Å². The van der Waals surface area contributed by atoms with Gasteiger partial charge >= 0.3 is 0 Å². The number of nitro groups is 1. The average Bonchev–Trinajstić information content (AvgIpc) is 3.12. The van der Waals surface area contributed by atoms with E-state index in [9.17, 15) is 19.7 Å². The van der Waals surface area contributed by atoms with Crippen LogP contribution < -0.4 is 10.9 Å². The Morgan fingerprint density at radius 3 is 2.85 bits per heavy atom. The maximum Gasteiger partial charge on any atom is 0.294 e. The van der Waals surface area contributed by atoms with E-state index in [4.69, 9.17) is 0 Å². The lowest BCUT2D eigenvalue weighted by atomic mass is 10.1. The third-order valence-corrected chi connectivity index (χ3v) is 5.19. The third kappa shape index (κ3) is 4.17. The van der Waals surface area contributed by atoms with Gasteiger partial charge in [0.1, 0.15) is 5.69 Å². The molecule has 1 aromatic heterocycles. The number of para-hydroxylation sites is 2. The van der Waals surface area contributed by atoms with Crippen molar-refractivity contribution in [2.45, 2.75) is 25.8 Å². The highest BCUT2D eigenvalue weighted by Crippen LogP contribution is 2.24. The lowest BCUT2D eigenvalue weighted by molar-refractivity contribution is -0.384. The van der Waals surface area contributed by atoms with E-state index in [-0.39, 0.29) is 30.1 Å². The molecule has 0 radical (unpaired) electrons. The molecule has 0 aliphatic carbocycles. The number of carbonyl (C=O) groups excluding carboxylic acids is 2. The number of nitro benzene ring substituents is 1. The summed E-state index contributed by atoms with van der Waals surface area (Å²) in [4.78, 5) is 37.7. The van der Waals surface area contributed by atoms with Crippen LogP contribution in [-0.2, 0) is 22.6 Å². The van der Waals surface area contributed by atoms with E-state index in [0.717, 1.165) is 6.42 Å². The fourth-order valence-electron chi connectivity index (χ4n) is 2.78. The molecule has 0 fully saturated rings. The zero-order valence-corrected chi connectivity index (χ0v) is 14.8. The first kappa shape index (κ1) is 17.9. The molecule has 8 nitrogen and oxygen atoms in total. The molecule has 0 unspecified atom stereocenters. The van der Waals surface area contributed by atoms with Gasteiger partial charge in [0, 0.05) is 36.9 Å². The number of hydrogen-bond acceptors (Lipinski definition) is 6. The summed E-state index contributed by atoms with van der Waals surface area (Å²) in [6, 6.07) is 8.03. The van der Waals surface area contributed by atoms with Crippen LogP contribution in [0, 0.1) is 10.1 Å². The van der Waals surface area contributed by atoms with E-state index in [2.05, 4.69) is 10.9 Å². The minimum absolute atomic E-state index is 0.0134. The fraction of sp³-hybridized carbons (Fsp3) is 0.294. The van der Waals surface area contributed by atoms with Gasteiger partial charge in [-0.25, -0.2) is 0 Å². The summed E-state index contributed by atoms with van der Waals surface area (Å²) < 4.78 is 0. The number of benzene rings is 1. The molecular weight excluding hydrogens is 356 g/mol. The molecule has 2 amide bonds. The monoisotopic (exact) mass is 374 g/mol. The van der Waals surface area contributed by atoms with Gasteiger partial charge in [0.15, 0.2) is 0 Å². The Hall–Kier alpha value is -2.94. The molecule has 0 saturated heterocycles. The number of thiophene rings is 1. The van der Waals surface area contributed by atoms with Crippen molar-refractivity contribution in [2.24, 2.45) is 0 Å². The summed E-state index contributed by atoms with van der Waals surface area (Å²) in [5.74, 6) is -0.465. The van der Waals surface area contributed by atoms with E-state index in [1.807, 2.05) is 11.4 Å². The second kappa shape index (κ2) is 7.96. The van der Waals surface area contributed by atoms with Crippen molar-refractivity contribution in [1.82, 2.24) is 10.3 Å². The van der Waals surface area contributed by atoms with Crippen molar-refractivity contribution in [1.29, 1.82) is 0 Å². The Labute approximate surface area is 153 Å². The summed E-state index contributed by atoms with van der Waals surface area (Å²) >= 11 is 1.71.